The van der Waals surface area contributed by atoms with Crippen molar-refractivity contribution in [1.29, 1.82) is 0 Å². The zero-order valence-electron chi connectivity index (χ0n) is 34.4. The number of benzene rings is 2. The largest absolute Gasteiger partial charge is 0.339 e. The van der Waals surface area contributed by atoms with Crippen molar-refractivity contribution >= 4 is 45.2 Å². The van der Waals surface area contributed by atoms with Crippen LogP contribution in [0.4, 0.5) is 8.78 Å². The standard InChI is InChI=1S/C46H58F2N6O4/c1-27(49-3)41(55)21-29-9-5-6-10-30(22-42(56)28(2)50-4)46(58)52-18-8-12-34(52)26-38-36-16-14-32(48)24-40(36)54-20-19-53-39-23-31(47)13-15-35(39)37(43(53)44(38)54)25-33-11-7-17-51(33)45(29)57/h13-16,23-24,27-30,33-34,49-50H,5-12,17-22,25-26H2,1-4H3/t27-,28-,29+,30+,33-,34-/m0/s1. The number of Topliss-reactive ketones (excluding diaryl/α,β-unsaturated/α-hetero) is 2. The van der Waals surface area contributed by atoms with Gasteiger partial charge < -0.3 is 29.6 Å². The van der Waals surface area contributed by atoms with E-state index in [0.717, 1.165) is 70.0 Å². The van der Waals surface area contributed by atoms with Gasteiger partial charge in [0.05, 0.1) is 34.5 Å². The number of hydrogen-bond acceptors (Lipinski definition) is 6. The second-order valence-corrected chi connectivity index (χ2v) is 17.4. The second-order valence-electron chi connectivity index (χ2n) is 17.4. The van der Waals surface area contributed by atoms with Crippen molar-refractivity contribution in [3.63, 3.8) is 0 Å². The average Bonchev–Trinajstić information content (AvgIpc) is 4.01. The summed E-state index contributed by atoms with van der Waals surface area (Å²) in [6.45, 7) is 5.98. The summed E-state index contributed by atoms with van der Waals surface area (Å²) in [6.07, 6.45) is 7.04. The highest BCUT2D eigenvalue weighted by Gasteiger charge is 2.40. The molecular weight excluding hydrogens is 739 g/mol. The van der Waals surface area contributed by atoms with Crippen molar-refractivity contribution in [2.24, 2.45) is 11.8 Å². The Hall–Kier alpha value is -4.42. The molecule has 12 heteroatoms. The number of fused-ring (bicyclic) bond motifs is 8. The molecule has 0 aliphatic carbocycles. The number of aromatic nitrogens is 2. The minimum atomic E-state index is -0.510. The van der Waals surface area contributed by atoms with Crippen LogP contribution in [0.5, 0.6) is 0 Å². The molecule has 310 valence electrons. The number of rotatable bonds is 8. The molecule has 8 rings (SSSR count). The fourth-order valence-corrected chi connectivity index (χ4v) is 10.6. The van der Waals surface area contributed by atoms with Crippen molar-refractivity contribution < 1.29 is 28.0 Å². The normalized spacial score (nSPS) is 24.0. The summed E-state index contributed by atoms with van der Waals surface area (Å²) < 4.78 is 34.7. The SMILES string of the molecule is CN[C@@H](C)C(=O)C[C@H]1CCCC[C@H](CC(=O)[C@H](C)NC)C(=O)N2CCC[C@H]2Cc2c3n(c4cc(F)ccc24)CCn2c-3c(c3ccc(F)cc32)C[C@@H]2CCCN2C1=O. The van der Waals surface area contributed by atoms with Crippen LogP contribution in [0.15, 0.2) is 36.4 Å². The van der Waals surface area contributed by atoms with Gasteiger partial charge in [-0.3, -0.25) is 19.2 Å². The quantitative estimate of drug-likeness (QED) is 0.209. The summed E-state index contributed by atoms with van der Waals surface area (Å²) in [5.41, 5.74) is 5.61. The summed E-state index contributed by atoms with van der Waals surface area (Å²) >= 11 is 0. The number of halogens is 2. The first-order valence-electron chi connectivity index (χ1n) is 21.6. The van der Waals surface area contributed by atoms with Crippen molar-refractivity contribution in [3.05, 3.63) is 59.2 Å². The Morgan fingerprint density at radius 2 is 1.05 bits per heavy atom. The van der Waals surface area contributed by atoms with Gasteiger partial charge in [-0.2, -0.15) is 0 Å². The van der Waals surface area contributed by atoms with Gasteiger partial charge in [0.1, 0.15) is 23.2 Å². The van der Waals surface area contributed by atoms with E-state index in [1.807, 2.05) is 35.8 Å². The van der Waals surface area contributed by atoms with E-state index in [1.165, 1.54) is 12.1 Å². The smallest absolute Gasteiger partial charge is 0.226 e. The molecule has 4 aromatic rings. The maximum atomic E-state index is 15.1. The van der Waals surface area contributed by atoms with Gasteiger partial charge in [0.15, 0.2) is 0 Å². The average molecular weight is 797 g/mol. The van der Waals surface area contributed by atoms with Gasteiger partial charge in [-0.15, -0.1) is 0 Å². The molecule has 6 atom stereocenters. The Labute approximate surface area is 339 Å². The van der Waals surface area contributed by atoms with Crippen LogP contribution in [0.2, 0.25) is 0 Å². The summed E-state index contributed by atoms with van der Waals surface area (Å²) in [4.78, 5) is 60.3. The van der Waals surface area contributed by atoms with Gasteiger partial charge in [-0.05, 0) is 127 Å². The molecule has 4 aliphatic rings. The highest BCUT2D eigenvalue weighted by atomic mass is 19.1. The van der Waals surface area contributed by atoms with E-state index < -0.39 is 11.8 Å². The molecule has 2 saturated heterocycles. The van der Waals surface area contributed by atoms with Crippen LogP contribution in [-0.4, -0.2) is 93.7 Å². The van der Waals surface area contributed by atoms with Crippen LogP contribution in [-0.2, 0) is 45.1 Å². The Morgan fingerprint density at radius 1 is 0.638 bits per heavy atom. The molecule has 2 aromatic heterocycles. The fraction of sp³-hybridized carbons (Fsp3) is 0.565. The van der Waals surface area contributed by atoms with E-state index in [0.29, 0.717) is 64.7 Å². The predicted molar refractivity (Wildman–Crippen MR) is 221 cm³/mol. The summed E-state index contributed by atoms with van der Waals surface area (Å²) in [5.74, 6) is -1.71. The highest BCUT2D eigenvalue weighted by molar-refractivity contribution is 5.98. The summed E-state index contributed by atoms with van der Waals surface area (Å²) in [5, 5.41) is 7.97. The third-order valence-electron chi connectivity index (χ3n) is 14.0. The second kappa shape index (κ2) is 16.7. The van der Waals surface area contributed by atoms with Gasteiger partial charge in [0.25, 0.3) is 0 Å². The van der Waals surface area contributed by atoms with Crippen LogP contribution in [0.1, 0.15) is 89.2 Å². The van der Waals surface area contributed by atoms with Gasteiger partial charge in [-0.25, -0.2) is 8.78 Å². The summed E-state index contributed by atoms with van der Waals surface area (Å²) in [6, 6.07) is 8.93. The van der Waals surface area contributed by atoms with Crippen LogP contribution < -0.4 is 10.6 Å². The minimum Gasteiger partial charge on any atom is -0.339 e. The molecule has 4 aliphatic heterocycles. The molecule has 0 spiro atoms. The van der Waals surface area contributed by atoms with E-state index in [4.69, 9.17) is 0 Å². The van der Waals surface area contributed by atoms with Crippen LogP contribution >= 0.6 is 0 Å². The third kappa shape index (κ3) is 7.40. The zero-order chi connectivity index (χ0) is 40.8. The molecule has 2 fully saturated rings. The number of nitrogens with zero attached hydrogens (tertiary/aromatic N) is 4. The van der Waals surface area contributed by atoms with Crippen LogP contribution in [0.3, 0.4) is 0 Å². The van der Waals surface area contributed by atoms with E-state index >= 15 is 8.78 Å². The molecule has 2 N–H and O–H groups in total. The fourth-order valence-electron chi connectivity index (χ4n) is 10.6. The number of ketones is 2. The van der Waals surface area contributed by atoms with E-state index in [9.17, 15) is 19.2 Å². The van der Waals surface area contributed by atoms with Crippen molar-refractivity contribution in [1.82, 2.24) is 29.6 Å². The Balaban J connectivity index is 1.29. The van der Waals surface area contributed by atoms with Gasteiger partial charge in [0, 0.05) is 73.7 Å². The van der Waals surface area contributed by atoms with E-state index in [2.05, 4.69) is 19.8 Å². The molecule has 0 saturated carbocycles. The number of carbonyl (C=O) groups is 4. The lowest BCUT2D eigenvalue weighted by Crippen LogP contribution is -2.43. The van der Waals surface area contributed by atoms with Gasteiger partial charge in [0.2, 0.25) is 11.8 Å². The van der Waals surface area contributed by atoms with E-state index in [-0.39, 0.29) is 72.0 Å². The predicted octanol–water partition coefficient (Wildman–Crippen LogP) is 6.56. The number of likely N-dealkylation sites (N-methyl/N-ethyl adjacent to an activating group) is 2. The first-order chi connectivity index (χ1) is 28.0. The Morgan fingerprint density at radius 3 is 1.45 bits per heavy atom. The number of carbonyl (C=O) groups excluding carboxylic acids is 4. The molecular formula is C46H58F2N6O4. The lowest BCUT2D eigenvalue weighted by Gasteiger charge is -2.32. The third-order valence-corrected chi connectivity index (χ3v) is 14.0. The zero-order valence-corrected chi connectivity index (χ0v) is 34.4. The van der Waals surface area contributed by atoms with Gasteiger partial charge in [-0.1, -0.05) is 12.8 Å². The summed E-state index contributed by atoms with van der Waals surface area (Å²) in [7, 11) is 3.50. The molecule has 2 aromatic carbocycles. The molecule has 10 nitrogen and oxygen atoms in total. The lowest BCUT2D eigenvalue weighted by atomic mass is 9.88. The Bertz CT molecular complexity index is 2090. The topological polar surface area (TPSA) is 109 Å². The Kier molecular flexibility index (Phi) is 11.6. The molecule has 6 heterocycles. The monoisotopic (exact) mass is 796 g/mol. The molecule has 0 bridgehead atoms. The molecule has 0 unspecified atom stereocenters. The van der Waals surface area contributed by atoms with Crippen molar-refractivity contribution in [2.45, 2.75) is 128 Å². The number of amides is 2. The maximum absolute atomic E-state index is 15.1. The number of nitrogens with one attached hydrogen (secondary N) is 2. The highest BCUT2D eigenvalue weighted by Crippen LogP contribution is 2.45. The molecule has 0 radical (unpaired) electrons. The molecule has 2 amide bonds. The van der Waals surface area contributed by atoms with Crippen LogP contribution in [0.25, 0.3) is 33.2 Å². The number of hydrogen-bond donors (Lipinski definition) is 2. The minimum absolute atomic E-state index is 0.00941. The maximum Gasteiger partial charge on any atom is 0.226 e. The van der Waals surface area contributed by atoms with Crippen LogP contribution in [0, 0.1) is 23.5 Å². The number of aryl methyl sites for hydroxylation is 2. The van der Waals surface area contributed by atoms with Crippen molar-refractivity contribution in [3.8, 4) is 11.4 Å². The van der Waals surface area contributed by atoms with E-state index in [1.54, 1.807) is 26.2 Å². The lowest BCUT2D eigenvalue weighted by molar-refractivity contribution is -0.140. The first kappa shape index (κ1) is 40.4. The first-order valence-corrected chi connectivity index (χ1v) is 21.6. The molecule has 58 heavy (non-hydrogen) atoms. The van der Waals surface area contributed by atoms with Crippen molar-refractivity contribution in [2.75, 3.05) is 27.2 Å². The van der Waals surface area contributed by atoms with Gasteiger partial charge >= 0.3 is 0 Å².